The van der Waals surface area contributed by atoms with E-state index in [4.69, 9.17) is 0 Å². The Bertz CT molecular complexity index is 629. The van der Waals surface area contributed by atoms with Gasteiger partial charge in [0.15, 0.2) is 0 Å². The van der Waals surface area contributed by atoms with Gasteiger partial charge in [-0.1, -0.05) is 12.2 Å². The van der Waals surface area contributed by atoms with Crippen LogP contribution in [0.5, 0.6) is 0 Å². The van der Waals surface area contributed by atoms with E-state index in [1.165, 1.54) is 5.49 Å². The lowest BCUT2D eigenvalue weighted by atomic mass is 10.2. The molecule has 0 saturated heterocycles. The molecule has 0 amide bonds. The van der Waals surface area contributed by atoms with Crippen molar-refractivity contribution in [2.45, 2.75) is 0 Å². The number of rotatable bonds is 2. The molecule has 0 spiro atoms. The van der Waals surface area contributed by atoms with Gasteiger partial charge in [0.25, 0.3) is 11.1 Å². The summed E-state index contributed by atoms with van der Waals surface area (Å²) in [5.74, 6) is 0. The summed E-state index contributed by atoms with van der Waals surface area (Å²) in [5, 5.41) is 7.97. The van der Waals surface area contributed by atoms with Crippen molar-refractivity contribution < 1.29 is 0 Å². The minimum Gasteiger partial charge on any atom is -0.353 e. The van der Waals surface area contributed by atoms with E-state index in [1.54, 1.807) is 18.2 Å². The summed E-state index contributed by atoms with van der Waals surface area (Å²) in [4.78, 5) is 22.7. The zero-order valence-corrected chi connectivity index (χ0v) is 8.35. The monoisotopic (exact) mass is 221 g/mol. The van der Waals surface area contributed by atoms with E-state index in [0.29, 0.717) is 16.5 Å². The van der Waals surface area contributed by atoms with Crippen LogP contribution in [0.25, 0.3) is 10.8 Å². The molecular weight excluding hydrogens is 214 g/mol. The van der Waals surface area contributed by atoms with Gasteiger partial charge in [-0.3, -0.25) is 19.8 Å². The summed E-state index contributed by atoms with van der Waals surface area (Å²) in [6.07, 6.45) is 0. The number of aromatic amines is 2. The highest BCUT2D eigenvalue weighted by Crippen LogP contribution is 2.11. The first-order valence-corrected chi connectivity index (χ1v) is 4.64. The number of aromatic nitrogens is 2. The third-order valence-corrected chi connectivity index (χ3v) is 2.14. The van der Waals surface area contributed by atoms with Crippen LogP contribution in [0.3, 0.4) is 0 Å². The Labute approximate surface area is 89.1 Å². The summed E-state index contributed by atoms with van der Waals surface area (Å²) in [7, 11) is 0. The summed E-state index contributed by atoms with van der Waals surface area (Å²) in [6, 6.07) is 4.83. The van der Waals surface area contributed by atoms with Crippen molar-refractivity contribution >= 4 is 34.2 Å². The third kappa shape index (κ3) is 1.66. The van der Waals surface area contributed by atoms with E-state index in [0.717, 1.165) is 0 Å². The lowest BCUT2D eigenvalue weighted by molar-refractivity contribution is 0.977. The summed E-state index contributed by atoms with van der Waals surface area (Å²) < 4.78 is 0. The average molecular weight is 221 g/mol. The van der Waals surface area contributed by atoms with E-state index < -0.39 is 0 Å². The number of hydrogen-bond acceptors (Lipinski definition) is 3. The van der Waals surface area contributed by atoms with Gasteiger partial charge in [-0.2, -0.15) is 0 Å². The molecule has 0 atom stereocenters. The molecule has 6 heteroatoms. The van der Waals surface area contributed by atoms with Gasteiger partial charge in [0.05, 0.1) is 16.3 Å². The van der Waals surface area contributed by atoms with Crippen LogP contribution >= 0.6 is 12.2 Å². The highest BCUT2D eigenvalue weighted by atomic mass is 32.1. The van der Waals surface area contributed by atoms with Crippen LogP contribution in [0.4, 0.5) is 5.69 Å². The van der Waals surface area contributed by atoms with Gasteiger partial charge in [-0.15, -0.1) is 0 Å². The van der Waals surface area contributed by atoms with E-state index in [9.17, 15) is 9.59 Å². The van der Waals surface area contributed by atoms with E-state index in [2.05, 4.69) is 27.7 Å². The second-order valence-corrected chi connectivity index (χ2v) is 3.17. The van der Waals surface area contributed by atoms with Crippen molar-refractivity contribution in [2.75, 3.05) is 5.32 Å². The lowest BCUT2D eigenvalue weighted by Gasteiger charge is -2.00. The van der Waals surface area contributed by atoms with E-state index in [1.807, 2.05) is 0 Å². The van der Waals surface area contributed by atoms with Crippen LogP contribution in [-0.4, -0.2) is 15.7 Å². The third-order valence-electron chi connectivity index (χ3n) is 2.02. The molecule has 1 aromatic carbocycles. The summed E-state index contributed by atoms with van der Waals surface area (Å²) in [5.41, 5.74) is 1.35. The fourth-order valence-corrected chi connectivity index (χ4v) is 1.47. The number of benzene rings is 1. The van der Waals surface area contributed by atoms with Gasteiger partial charge in [0, 0.05) is 5.69 Å². The standard InChI is InChI=1S/C9H7N3O2S/c13-8-6-2-1-5(10-4-15)3-7(6)9(14)12-11-8/h1-4H,(H,10,15)(H,11,13)(H,12,14). The van der Waals surface area contributed by atoms with Gasteiger partial charge in [-0.25, -0.2) is 0 Å². The predicted octanol–water partition coefficient (Wildman–Crippen LogP) is 0.585. The maximum Gasteiger partial charge on any atom is 0.270 e. The summed E-state index contributed by atoms with van der Waals surface area (Å²) in [6.45, 7) is 0. The van der Waals surface area contributed by atoms with Gasteiger partial charge >= 0.3 is 0 Å². The quantitative estimate of drug-likeness (QED) is 0.648. The zero-order chi connectivity index (χ0) is 10.8. The fraction of sp³-hybridized carbons (Fsp3) is 0. The lowest BCUT2D eigenvalue weighted by Crippen LogP contribution is -2.18. The van der Waals surface area contributed by atoms with Crippen molar-refractivity contribution in [3.05, 3.63) is 38.9 Å². The molecule has 0 aliphatic rings. The largest absolute Gasteiger partial charge is 0.353 e. The molecule has 0 saturated carbocycles. The molecule has 0 bridgehead atoms. The van der Waals surface area contributed by atoms with Crippen molar-refractivity contribution in [2.24, 2.45) is 0 Å². The van der Waals surface area contributed by atoms with Gasteiger partial charge < -0.3 is 5.32 Å². The second-order valence-electron chi connectivity index (χ2n) is 2.93. The zero-order valence-electron chi connectivity index (χ0n) is 7.53. The van der Waals surface area contributed by atoms with Crippen molar-refractivity contribution in [3.63, 3.8) is 0 Å². The average Bonchev–Trinajstić information content (AvgIpc) is 2.24. The molecule has 0 fully saturated rings. The molecule has 0 aliphatic carbocycles. The fourth-order valence-electron chi connectivity index (χ4n) is 1.34. The molecule has 2 aromatic rings. The van der Waals surface area contributed by atoms with Crippen LogP contribution in [0.1, 0.15) is 0 Å². The van der Waals surface area contributed by atoms with Crippen LogP contribution in [0, 0.1) is 0 Å². The first-order chi connectivity index (χ1) is 7.22. The summed E-state index contributed by atoms with van der Waals surface area (Å²) >= 11 is 4.63. The maximum absolute atomic E-state index is 11.4. The molecule has 2 rings (SSSR count). The van der Waals surface area contributed by atoms with Crippen LogP contribution in [-0.2, 0) is 0 Å². The Morgan fingerprint density at radius 1 is 1.13 bits per heavy atom. The first-order valence-electron chi connectivity index (χ1n) is 4.17. The normalized spacial score (nSPS) is 10.1. The maximum atomic E-state index is 11.4. The second kappa shape index (κ2) is 3.66. The van der Waals surface area contributed by atoms with Crippen molar-refractivity contribution in [1.82, 2.24) is 10.2 Å². The molecule has 1 aromatic heterocycles. The number of hydrogen-bond donors (Lipinski definition) is 3. The number of H-pyrrole nitrogens is 2. The van der Waals surface area contributed by atoms with Crippen LogP contribution in [0.15, 0.2) is 27.8 Å². The Kier molecular flexibility index (Phi) is 2.34. The molecule has 0 unspecified atom stereocenters. The van der Waals surface area contributed by atoms with Crippen molar-refractivity contribution in [1.29, 1.82) is 0 Å². The van der Waals surface area contributed by atoms with Gasteiger partial charge in [0.2, 0.25) is 0 Å². The Morgan fingerprint density at radius 2 is 1.80 bits per heavy atom. The number of thiocarbonyl (C=S) groups is 1. The molecule has 0 radical (unpaired) electrons. The highest BCUT2D eigenvalue weighted by Gasteiger charge is 2.02. The number of nitrogens with one attached hydrogen (secondary N) is 3. The van der Waals surface area contributed by atoms with E-state index in [-0.39, 0.29) is 11.1 Å². The SMILES string of the molecule is O=c1[nH][nH]c(=O)c2cc(NC=S)ccc12. The molecule has 76 valence electrons. The molecule has 5 nitrogen and oxygen atoms in total. The molecule has 0 aliphatic heterocycles. The van der Waals surface area contributed by atoms with E-state index >= 15 is 0 Å². The Balaban J connectivity index is 2.81. The minimum absolute atomic E-state index is 0.321. The van der Waals surface area contributed by atoms with Crippen LogP contribution < -0.4 is 16.4 Å². The topological polar surface area (TPSA) is 77.8 Å². The molecule has 15 heavy (non-hydrogen) atoms. The molecule has 1 heterocycles. The molecule has 3 N–H and O–H groups in total. The Morgan fingerprint density at radius 3 is 2.47 bits per heavy atom. The van der Waals surface area contributed by atoms with Crippen LogP contribution in [0.2, 0.25) is 0 Å². The minimum atomic E-state index is -0.336. The molecular formula is C9H7N3O2S. The first kappa shape index (κ1) is 9.60. The smallest absolute Gasteiger partial charge is 0.270 e. The van der Waals surface area contributed by atoms with Gasteiger partial charge in [-0.05, 0) is 18.2 Å². The van der Waals surface area contributed by atoms with Gasteiger partial charge in [0.1, 0.15) is 0 Å². The van der Waals surface area contributed by atoms with Crippen molar-refractivity contribution in [3.8, 4) is 0 Å². The highest BCUT2D eigenvalue weighted by molar-refractivity contribution is 7.79. The number of anilines is 1. The predicted molar refractivity (Wildman–Crippen MR) is 62.5 cm³/mol. The number of fused-ring (bicyclic) bond motifs is 1. The Hall–Kier alpha value is -1.95.